The van der Waals surface area contributed by atoms with Crippen LogP contribution in [0.15, 0.2) is 55.0 Å². The predicted octanol–water partition coefficient (Wildman–Crippen LogP) is 3.27. The summed E-state index contributed by atoms with van der Waals surface area (Å²) in [4.78, 5) is 11.3. The van der Waals surface area contributed by atoms with E-state index in [0.717, 1.165) is 60.0 Å². The Morgan fingerprint density at radius 3 is 2.61 bits per heavy atom. The van der Waals surface area contributed by atoms with Gasteiger partial charge in [0.15, 0.2) is 17.3 Å². The molecule has 1 saturated heterocycles. The summed E-state index contributed by atoms with van der Waals surface area (Å²) in [5.74, 6) is 2.25. The molecule has 4 aromatic rings. The van der Waals surface area contributed by atoms with Crippen molar-refractivity contribution >= 4 is 11.5 Å². The van der Waals surface area contributed by atoms with E-state index in [0.29, 0.717) is 5.92 Å². The average molecular weight is 371 g/mol. The molecule has 5 rings (SSSR count). The van der Waals surface area contributed by atoms with E-state index >= 15 is 0 Å². The molecule has 4 aromatic heterocycles. The number of aromatic nitrogens is 6. The summed E-state index contributed by atoms with van der Waals surface area (Å²) in [6, 6.07) is 12.2. The van der Waals surface area contributed by atoms with E-state index in [1.54, 1.807) is 6.20 Å². The Morgan fingerprint density at radius 2 is 1.86 bits per heavy atom. The standard InChI is InChI=1S/C21H21N7/c1-15-4-6-20(25-24-15)27-11-8-16(9-12-27)21-23-19-7-5-18(14-28(19)26-21)17-3-2-10-22-13-17/h2-7,10,13-14,16H,8-9,11-12H2,1H3. The van der Waals surface area contributed by atoms with Gasteiger partial charge in [-0.05, 0) is 50.1 Å². The SMILES string of the molecule is Cc1ccc(N2CCC(c3nc4ccc(-c5cccnc5)cn4n3)CC2)nn1. The number of fused-ring (bicyclic) bond motifs is 1. The maximum Gasteiger partial charge on any atom is 0.155 e. The van der Waals surface area contributed by atoms with Gasteiger partial charge in [0.1, 0.15) is 0 Å². The summed E-state index contributed by atoms with van der Waals surface area (Å²) in [6.07, 6.45) is 7.70. The maximum absolute atomic E-state index is 4.77. The first-order valence-corrected chi connectivity index (χ1v) is 9.58. The van der Waals surface area contributed by atoms with Crippen molar-refractivity contribution in [2.75, 3.05) is 18.0 Å². The molecule has 28 heavy (non-hydrogen) atoms. The molecule has 1 fully saturated rings. The van der Waals surface area contributed by atoms with Crippen molar-refractivity contribution in [1.29, 1.82) is 0 Å². The van der Waals surface area contributed by atoms with Crippen molar-refractivity contribution in [1.82, 2.24) is 29.8 Å². The summed E-state index contributed by atoms with van der Waals surface area (Å²) < 4.78 is 1.88. The summed E-state index contributed by atoms with van der Waals surface area (Å²) in [7, 11) is 0. The number of pyridine rings is 2. The Morgan fingerprint density at radius 1 is 0.964 bits per heavy atom. The maximum atomic E-state index is 4.77. The highest BCUT2D eigenvalue weighted by Crippen LogP contribution is 2.28. The molecule has 1 aliphatic rings. The zero-order valence-electron chi connectivity index (χ0n) is 15.7. The monoisotopic (exact) mass is 371 g/mol. The highest BCUT2D eigenvalue weighted by Gasteiger charge is 2.24. The molecular formula is C21H21N7. The van der Waals surface area contributed by atoms with Crippen molar-refractivity contribution < 1.29 is 0 Å². The van der Waals surface area contributed by atoms with E-state index in [2.05, 4.69) is 32.2 Å². The molecule has 0 aromatic carbocycles. The van der Waals surface area contributed by atoms with Crippen LogP contribution in [0.4, 0.5) is 5.82 Å². The molecule has 0 unspecified atom stereocenters. The first-order valence-electron chi connectivity index (χ1n) is 9.58. The first kappa shape index (κ1) is 16.8. The van der Waals surface area contributed by atoms with Gasteiger partial charge in [0, 0.05) is 48.7 Å². The number of anilines is 1. The normalized spacial score (nSPS) is 15.2. The lowest BCUT2D eigenvalue weighted by atomic mass is 9.96. The van der Waals surface area contributed by atoms with Crippen LogP contribution in [0.3, 0.4) is 0 Å². The van der Waals surface area contributed by atoms with E-state index in [1.807, 2.05) is 48.1 Å². The molecule has 0 radical (unpaired) electrons. The Hall–Kier alpha value is -3.35. The van der Waals surface area contributed by atoms with Crippen molar-refractivity contribution in [3.63, 3.8) is 0 Å². The lowest BCUT2D eigenvalue weighted by Crippen LogP contribution is -2.34. The smallest absolute Gasteiger partial charge is 0.155 e. The molecule has 7 heteroatoms. The second-order valence-electron chi connectivity index (χ2n) is 7.23. The lowest BCUT2D eigenvalue weighted by Gasteiger charge is -2.31. The van der Waals surface area contributed by atoms with Gasteiger partial charge in [0.05, 0.1) is 5.69 Å². The molecule has 0 amide bonds. The first-order chi connectivity index (χ1) is 13.8. The number of piperidine rings is 1. The Balaban J connectivity index is 1.33. The molecule has 5 heterocycles. The second kappa shape index (κ2) is 6.99. The van der Waals surface area contributed by atoms with Crippen LogP contribution in [-0.4, -0.2) is 42.9 Å². The van der Waals surface area contributed by atoms with Crippen molar-refractivity contribution in [3.05, 3.63) is 66.5 Å². The Kier molecular flexibility index (Phi) is 4.20. The van der Waals surface area contributed by atoms with E-state index in [4.69, 9.17) is 10.1 Å². The van der Waals surface area contributed by atoms with Crippen molar-refractivity contribution in [2.45, 2.75) is 25.7 Å². The van der Waals surface area contributed by atoms with Crippen LogP contribution >= 0.6 is 0 Å². The van der Waals surface area contributed by atoms with Crippen molar-refractivity contribution in [3.8, 4) is 11.1 Å². The topological polar surface area (TPSA) is 72.1 Å². The summed E-state index contributed by atoms with van der Waals surface area (Å²) in [6.45, 7) is 3.84. The molecule has 0 aliphatic carbocycles. The quantitative estimate of drug-likeness (QED) is 0.550. The van der Waals surface area contributed by atoms with E-state index in [-0.39, 0.29) is 0 Å². The van der Waals surface area contributed by atoms with E-state index in [1.165, 1.54) is 0 Å². The third-order valence-corrected chi connectivity index (χ3v) is 5.31. The molecule has 0 saturated carbocycles. The molecule has 1 aliphatic heterocycles. The minimum Gasteiger partial charge on any atom is -0.355 e. The predicted molar refractivity (Wildman–Crippen MR) is 107 cm³/mol. The van der Waals surface area contributed by atoms with Gasteiger partial charge in [0.25, 0.3) is 0 Å². The zero-order valence-corrected chi connectivity index (χ0v) is 15.7. The molecule has 7 nitrogen and oxygen atoms in total. The minimum atomic E-state index is 0.372. The van der Waals surface area contributed by atoms with Crippen LogP contribution in [0.5, 0.6) is 0 Å². The number of rotatable bonds is 3. The molecule has 0 spiro atoms. The molecule has 0 N–H and O–H groups in total. The van der Waals surface area contributed by atoms with Crippen LogP contribution in [0, 0.1) is 6.92 Å². The van der Waals surface area contributed by atoms with Gasteiger partial charge in [-0.3, -0.25) is 4.98 Å². The fourth-order valence-electron chi connectivity index (χ4n) is 3.70. The summed E-state index contributed by atoms with van der Waals surface area (Å²) >= 11 is 0. The van der Waals surface area contributed by atoms with Gasteiger partial charge < -0.3 is 4.90 Å². The third-order valence-electron chi connectivity index (χ3n) is 5.31. The van der Waals surface area contributed by atoms with Crippen LogP contribution in [0.25, 0.3) is 16.8 Å². The minimum absolute atomic E-state index is 0.372. The highest BCUT2D eigenvalue weighted by molar-refractivity contribution is 5.63. The number of hydrogen-bond donors (Lipinski definition) is 0. The molecule has 140 valence electrons. The van der Waals surface area contributed by atoms with Crippen LogP contribution < -0.4 is 4.90 Å². The van der Waals surface area contributed by atoms with Crippen LogP contribution in [-0.2, 0) is 0 Å². The van der Waals surface area contributed by atoms with E-state index in [9.17, 15) is 0 Å². The Labute approximate surface area is 163 Å². The van der Waals surface area contributed by atoms with Gasteiger partial charge >= 0.3 is 0 Å². The largest absolute Gasteiger partial charge is 0.355 e. The zero-order chi connectivity index (χ0) is 18.9. The third kappa shape index (κ3) is 3.19. The van der Waals surface area contributed by atoms with E-state index < -0.39 is 0 Å². The van der Waals surface area contributed by atoms with Crippen LogP contribution in [0.2, 0.25) is 0 Å². The lowest BCUT2D eigenvalue weighted by molar-refractivity contribution is 0.482. The fraction of sp³-hybridized carbons (Fsp3) is 0.286. The molecular weight excluding hydrogens is 350 g/mol. The number of nitrogens with zero attached hydrogens (tertiary/aromatic N) is 7. The van der Waals surface area contributed by atoms with Gasteiger partial charge in [-0.15, -0.1) is 5.10 Å². The molecule has 0 bridgehead atoms. The van der Waals surface area contributed by atoms with Gasteiger partial charge in [-0.2, -0.15) is 10.2 Å². The number of hydrogen-bond acceptors (Lipinski definition) is 6. The highest BCUT2D eigenvalue weighted by atomic mass is 15.3. The van der Waals surface area contributed by atoms with Gasteiger partial charge in [-0.1, -0.05) is 6.07 Å². The summed E-state index contributed by atoms with van der Waals surface area (Å²) in [5, 5.41) is 13.2. The van der Waals surface area contributed by atoms with Gasteiger partial charge in [-0.25, -0.2) is 9.50 Å². The van der Waals surface area contributed by atoms with Crippen LogP contribution in [0.1, 0.15) is 30.3 Å². The molecule has 0 atom stereocenters. The van der Waals surface area contributed by atoms with Gasteiger partial charge in [0.2, 0.25) is 0 Å². The number of aryl methyl sites for hydroxylation is 1. The van der Waals surface area contributed by atoms with Crippen molar-refractivity contribution in [2.24, 2.45) is 0 Å². The Bertz CT molecular complexity index is 1080. The fourth-order valence-corrected chi connectivity index (χ4v) is 3.70. The second-order valence-corrected chi connectivity index (χ2v) is 7.23. The average Bonchev–Trinajstić information content (AvgIpc) is 3.18. The summed E-state index contributed by atoms with van der Waals surface area (Å²) in [5.41, 5.74) is 3.99.